The standard InChI is InChI=1S/C21H17FO2/c1-23-20-9-5-6-16(14-20)15-21(22)17-10-12-19(13-11-17)24-18-7-3-2-4-8-18/h2-15H,1H3/b21-15-. The summed E-state index contributed by atoms with van der Waals surface area (Å²) in [7, 11) is 1.59. The normalized spacial score (nSPS) is 11.2. The largest absolute Gasteiger partial charge is 0.497 e. The van der Waals surface area contributed by atoms with E-state index in [0.29, 0.717) is 17.1 Å². The number of rotatable bonds is 5. The van der Waals surface area contributed by atoms with Crippen LogP contribution in [0.5, 0.6) is 17.2 Å². The van der Waals surface area contributed by atoms with Crippen LogP contribution in [0.2, 0.25) is 0 Å². The molecule has 0 amide bonds. The van der Waals surface area contributed by atoms with Crippen LogP contribution in [0, 0.1) is 0 Å². The van der Waals surface area contributed by atoms with Crippen LogP contribution in [0.4, 0.5) is 4.39 Å². The molecule has 0 spiro atoms. The van der Waals surface area contributed by atoms with Crippen LogP contribution in [-0.4, -0.2) is 7.11 Å². The highest BCUT2D eigenvalue weighted by Crippen LogP contribution is 2.26. The maximum absolute atomic E-state index is 14.4. The van der Waals surface area contributed by atoms with E-state index >= 15 is 0 Å². The molecule has 0 unspecified atom stereocenters. The second-order valence-electron chi connectivity index (χ2n) is 5.21. The fourth-order valence-electron chi connectivity index (χ4n) is 2.27. The Labute approximate surface area is 140 Å². The van der Waals surface area contributed by atoms with Crippen molar-refractivity contribution in [1.29, 1.82) is 0 Å². The van der Waals surface area contributed by atoms with Gasteiger partial charge in [0.1, 0.15) is 23.1 Å². The number of para-hydroxylation sites is 1. The fourth-order valence-corrected chi connectivity index (χ4v) is 2.27. The van der Waals surface area contributed by atoms with Crippen molar-refractivity contribution in [2.75, 3.05) is 7.11 Å². The monoisotopic (exact) mass is 320 g/mol. The van der Waals surface area contributed by atoms with Crippen LogP contribution in [-0.2, 0) is 0 Å². The highest BCUT2D eigenvalue weighted by atomic mass is 19.1. The predicted molar refractivity (Wildman–Crippen MR) is 94.9 cm³/mol. The average molecular weight is 320 g/mol. The average Bonchev–Trinajstić information content (AvgIpc) is 2.63. The Balaban J connectivity index is 1.75. The van der Waals surface area contributed by atoms with Gasteiger partial charge in [0.15, 0.2) is 0 Å². The van der Waals surface area contributed by atoms with E-state index in [4.69, 9.17) is 9.47 Å². The first-order valence-electron chi connectivity index (χ1n) is 7.59. The lowest BCUT2D eigenvalue weighted by Gasteiger charge is -2.06. The molecule has 24 heavy (non-hydrogen) atoms. The maximum Gasteiger partial charge on any atom is 0.131 e. The molecule has 2 nitrogen and oxygen atoms in total. The number of hydrogen-bond acceptors (Lipinski definition) is 2. The molecule has 0 bridgehead atoms. The zero-order valence-corrected chi connectivity index (χ0v) is 13.3. The van der Waals surface area contributed by atoms with Crippen molar-refractivity contribution < 1.29 is 13.9 Å². The summed E-state index contributed by atoms with van der Waals surface area (Å²) in [4.78, 5) is 0. The molecular formula is C21H17FO2. The molecule has 0 saturated carbocycles. The number of hydrogen-bond donors (Lipinski definition) is 0. The van der Waals surface area contributed by atoms with Crippen molar-refractivity contribution in [2.24, 2.45) is 0 Å². The Morgan fingerprint density at radius 1 is 0.792 bits per heavy atom. The van der Waals surface area contributed by atoms with Crippen LogP contribution < -0.4 is 9.47 Å². The molecule has 3 aromatic carbocycles. The topological polar surface area (TPSA) is 18.5 Å². The second kappa shape index (κ2) is 7.47. The van der Waals surface area contributed by atoms with Gasteiger partial charge in [-0.05, 0) is 60.2 Å². The van der Waals surface area contributed by atoms with Crippen LogP contribution in [0.25, 0.3) is 11.9 Å². The van der Waals surface area contributed by atoms with Gasteiger partial charge in [0.25, 0.3) is 0 Å². The Hall–Kier alpha value is -3.07. The predicted octanol–water partition coefficient (Wildman–Crippen LogP) is 5.96. The van der Waals surface area contributed by atoms with Crippen molar-refractivity contribution in [3.63, 3.8) is 0 Å². The third-order valence-corrected chi connectivity index (χ3v) is 3.50. The molecule has 0 aliphatic rings. The summed E-state index contributed by atoms with van der Waals surface area (Å²) >= 11 is 0. The molecule has 120 valence electrons. The molecule has 0 heterocycles. The molecule has 0 atom stereocenters. The fraction of sp³-hybridized carbons (Fsp3) is 0.0476. The van der Waals surface area contributed by atoms with Gasteiger partial charge in [-0.25, -0.2) is 4.39 Å². The Morgan fingerprint density at radius 2 is 1.46 bits per heavy atom. The zero-order valence-electron chi connectivity index (χ0n) is 13.3. The van der Waals surface area contributed by atoms with Crippen molar-refractivity contribution >= 4 is 11.9 Å². The molecule has 0 N–H and O–H groups in total. The van der Waals surface area contributed by atoms with E-state index < -0.39 is 0 Å². The van der Waals surface area contributed by atoms with Gasteiger partial charge >= 0.3 is 0 Å². The zero-order chi connectivity index (χ0) is 16.8. The summed E-state index contributed by atoms with van der Waals surface area (Å²) < 4.78 is 25.2. The molecule has 0 saturated heterocycles. The van der Waals surface area contributed by atoms with Crippen LogP contribution in [0.1, 0.15) is 11.1 Å². The van der Waals surface area contributed by atoms with E-state index in [0.717, 1.165) is 11.3 Å². The van der Waals surface area contributed by atoms with Crippen LogP contribution >= 0.6 is 0 Å². The molecule has 0 fully saturated rings. The van der Waals surface area contributed by atoms with Gasteiger partial charge in [-0.3, -0.25) is 0 Å². The number of methoxy groups -OCH3 is 1. The lowest BCUT2D eigenvalue weighted by Crippen LogP contribution is -1.85. The lowest BCUT2D eigenvalue weighted by molar-refractivity contribution is 0.414. The summed E-state index contributed by atoms with van der Waals surface area (Å²) in [6, 6.07) is 23.6. The Morgan fingerprint density at radius 3 is 2.17 bits per heavy atom. The minimum absolute atomic E-state index is 0.311. The molecule has 3 aromatic rings. The number of ether oxygens (including phenoxy) is 2. The molecule has 3 heteroatoms. The maximum atomic E-state index is 14.4. The Bertz CT molecular complexity index is 824. The van der Waals surface area contributed by atoms with Gasteiger partial charge in [0.05, 0.1) is 7.11 Å². The smallest absolute Gasteiger partial charge is 0.131 e. The van der Waals surface area contributed by atoms with Gasteiger partial charge in [0, 0.05) is 5.56 Å². The molecule has 0 aliphatic carbocycles. The third-order valence-electron chi connectivity index (χ3n) is 3.50. The van der Waals surface area contributed by atoms with Crippen molar-refractivity contribution in [2.45, 2.75) is 0 Å². The van der Waals surface area contributed by atoms with Gasteiger partial charge in [-0.1, -0.05) is 30.3 Å². The summed E-state index contributed by atoms with van der Waals surface area (Å²) in [5, 5.41) is 0. The van der Waals surface area contributed by atoms with Gasteiger partial charge in [0.2, 0.25) is 0 Å². The number of benzene rings is 3. The first-order chi connectivity index (χ1) is 11.7. The lowest BCUT2D eigenvalue weighted by atomic mass is 10.1. The first-order valence-corrected chi connectivity index (χ1v) is 7.59. The molecule has 0 aromatic heterocycles. The van der Waals surface area contributed by atoms with E-state index in [1.807, 2.05) is 48.5 Å². The van der Waals surface area contributed by atoms with E-state index in [-0.39, 0.29) is 5.83 Å². The second-order valence-corrected chi connectivity index (χ2v) is 5.21. The molecule has 3 rings (SSSR count). The van der Waals surface area contributed by atoms with Crippen LogP contribution in [0.15, 0.2) is 78.9 Å². The van der Waals surface area contributed by atoms with E-state index in [9.17, 15) is 4.39 Å². The van der Waals surface area contributed by atoms with Gasteiger partial charge in [-0.2, -0.15) is 0 Å². The summed E-state index contributed by atoms with van der Waals surface area (Å²) in [5.41, 5.74) is 1.25. The minimum atomic E-state index is -0.311. The highest BCUT2D eigenvalue weighted by molar-refractivity contribution is 5.77. The van der Waals surface area contributed by atoms with E-state index in [1.54, 1.807) is 37.4 Å². The van der Waals surface area contributed by atoms with Crippen molar-refractivity contribution in [1.82, 2.24) is 0 Å². The van der Waals surface area contributed by atoms with Crippen LogP contribution in [0.3, 0.4) is 0 Å². The van der Waals surface area contributed by atoms with E-state index in [2.05, 4.69) is 0 Å². The summed E-state index contributed by atoms with van der Waals surface area (Å²) in [6.07, 6.45) is 1.48. The highest BCUT2D eigenvalue weighted by Gasteiger charge is 2.03. The number of halogens is 1. The minimum Gasteiger partial charge on any atom is -0.497 e. The van der Waals surface area contributed by atoms with Crippen molar-refractivity contribution in [3.8, 4) is 17.2 Å². The van der Waals surface area contributed by atoms with Gasteiger partial charge < -0.3 is 9.47 Å². The SMILES string of the molecule is COc1cccc(/C=C(\F)c2ccc(Oc3ccccc3)cc2)c1. The first kappa shape index (κ1) is 15.8. The third kappa shape index (κ3) is 4.02. The van der Waals surface area contributed by atoms with E-state index in [1.165, 1.54) is 6.08 Å². The Kier molecular flexibility index (Phi) is 4.92. The van der Waals surface area contributed by atoms with Gasteiger partial charge in [-0.15, -0.1) is 0 Å². The van der Waals surface area contributed by atoms with Crippen molar-refractivity contribution in [3.05, 3.63) is 90.0 Å². The molecule has 0 radical (unpaired) electrons. The molecular weight excluding hydrogens is 303 g/mol. The summed E-state index contributed by atoms with van der Waals surface area (Å²) in [6.45, 7) is 0. The quantitative estimate of drug-likeness (QED) is 0.540. The summed E-state index contributed by atoms with van der Waals surface area (Å²) in [5.74, 6) is 1.80. The molecule has 0 aliphatic heterocycles.